The number of carboxylic acids is 1. The average Bonchev–Trinajstić information content (AvgIpc) is 2.31. The molecule has 0 aliphatic carbocycles. The lowest BCUT2D eigenvalue weighted by Gasteiger charge is -2.11. The number of nitrogens with one attached hydrogen (secondary N) is 1. The molecule has 0 heterocycles. The van der Waals surface area contributed by atoms with E-state index in [9.17, 15) is 9.18 Å². The van der Waals surface area contributed by atoms with Gasteiger partial charge >= 0.3 is 5.97 Å². The van der Waals surface area contributed by atoms with Crippen molar-refractivity contribution in [3.8, 4) is 0 Å². The van der Waals surface area contributed by atoms with E-state index < -0.39 is 17.3 Å². The summed E-state index contributed by atoms with van der Waals surface area (Å²) in [6.45, 7) is 0. The first-order valence-electron chi connectivity index (χ1n) is 5.13. The minimum absolute atomic E-state index is 0.163. The van der Waals surface area contributed by atoms with Gasteiger partial charge in [-0.05, 0) is 24.3 Å². The Morgan fingerprint density at radius 2 is 1.78 bits per heavy atom. The van der Waals surface area contributed by atoms with Gasteiger partial charge in [0.2, 0.25) is 0 Å². The predicted octanol–water partition coefficient (Wildman–Crippen LogP) is 3.92. The second kappa shape index (κ2) is 5.06. The summed E-state index contributed by atoms with van der Waals surface area (Å²) >= 11 is 5.94. The van der Waals surface area contributed by atoms with E-state index in [1.54, 1.807) is 24.3 Å². The molecular formula is C13H9ClFNO2. The molecule has 0 aliphatic heterocycles. The van der Waals surface area contributed by atoms with Crippen LogP contribution in [0.4, 0.5) is 15.8 Å². The van der Waals surface area contributed by atoms with Crippen LogP contribution in [-0.4, -0.2) is 11.1 Å². The molecule has 0 atom stereocenters. The van der Waals surface area contributed by atoms with Crippen molar-refractivity contribution in [3.63, 3.8) is 0 Å². The van der Waals surface area contributed by atoms with Crippen molar-refractivity contribution in [1.82, 2.24) is 0 Å². The molecule has 92 valence electrons. The van der Waals surface area contributed by atoms with Crippen molar-refractivity contribution in [1.29, 1.82) is 0 Å². The number of carbonyl (C=O) groups is 1. The van der Waals surface area contributed by atoms with Gasteiger partial charge in [-0.15, -0.1) is 0 Å². The molecule has 0 unspecified atom stereocenters. The van der Waals surface area contributed by atoms with Crippen molar-refractivity contribution < 1.29 is 14.3 Å². The Hall–Kier alpha value is -2.07. The molecule has 18 heavy (non-hydrogen) atoms. The second-order valence-corrected chi connectivity index (χ2v) is 3.98. The highest BCUT2D eigenvalue weighted by Gasteiger charge is 2.16. The van der Waals surface area contributed by atoms with Crippen LogP contribution in [0.15, 0.2) is 42.5 Å². The molecule has 0 saturated heterocycles. The Morgan fingerprint density at radius 1 is 1.11 bits per heavy atom. The van der Waals surface area contributed by atoms with E-state index in [1.165, 1.54) is 12.1 Å². The summed E-state index contributed by atoms with van der Waals surface area (Å²) in [5.41, 5.74) is 0.278. The van der Waals surface area contributed by atoms with Crippen LogP contribution in [0.2, 0.25) is 5.02 Å². The van der Waals surface area contributed by atoms with Gasteiger partial charge in [0.25, 0.3) is 0 Å². The van der Waals surface area contributed by atoms with Crippen LogP contribution in [0.5, 0.6) is 0 Å². The van der Waals surface area contributed by atoms with E-state index >= 15 is 0 Å². The van der Waals surface area contributed by atoms with Crippen LogP contribution in [0.3, 0.4) is 0 Å². The maximum absolute atomic E-state index is 13.5. The molecule has 0 aromatic heterocycles. The highest BCUT2D eigenvalue weighted by molar-refractivity contribution is 6.33. The predicted molar refractivity (Wildman–Crippen MR) is 68.1 cm³/mol. The number of hydrogen-bond acceptors (Lipinski definition) is 2. The van der Waals surface area contributed by atoms with Crippen molar-refractivity contribution in [3.05, 3.63) is 58.9 Å². The van der Waals surface area contributed by atoms with E-state index in [-0.39, 0.29) is 5.69 Å². The van der Waals surface area contributed by atoms with Crippen molar-refractivity contribution in [2.24, 2.45) is 0 Å². The van der Waals surface area contributed by atoms with E-state index in [0.29, 0.717) is 10.7 Å². The summed E-state index contributed by atoms with van der Waals surface area (Å²) in [7, 11) is 0. The first-order chi connectivity index (χ1) is 8.59. The molecule has 0 spiro atoms. The molecule has 3 nitrogen and oxygen atoms in total. The average molecular weight is 266 g/mol. The summed E-state index contributed by atoms with van der Waals surface area (Å²) in [6, 6.07) is 10.8. The third-order valence-corrected chi connectivity index (χ3v) is 2.70. The van der Waals surface area contributed by atoms with Gasteiger partial charge in [-0.25, -0.2) is 9.18 Å². The maximum atomic E-state index is 13.5. The molecule has 2 N–H and O–H groups in total. The minimum Gasteiger partial charge on any atom is -0.478 e. The van der Waals surface area contributed by atoms with Crippen LogP contribution in [0.1, 0.15) is 10.4 Å². The quantitative estimate of drug-likeness (QED) is 0.884. The van der Waals surface area contributed by atoms with E-state index in [1.807, 2.05) is 0 Å². The smallest absolute Gasteiger partial charge is 0.340 e. The second-order valence-electron chi connectivity index (χ2n) is 3.57. The van der Waals surface area contributed by atoms with E-state index in [2.05, 4.69) is 5.32 Å². The van der Waals surface area contributed by atoms with Gasteiger partial charge in [-0.1, -0.05) is 29.8 Å². The van der Waals surface area contributed by atoms with E-state index in [4.69, 9.17) is 16.7 Å². The summed E-state index contributed by atoms with van der Waals surface area (Å²) in [5.74, 6) is -2.12. The molecule has 0 bridgehead atoms. The zero-order valence-corrected chi connectivity index (χ0v) is 9.91. The zero-order chi connectivity index (χ0) is 13.1. The van der Waals surface area contributed by atoms with Crippen LogP contribution >= 0.6 is 11.6 Å². The SMILES string of the molecule is O=C(O)c1c(F)cccc1Nc1ccccc1Cl. The van der Waals surface area contributed by atoms with Gasteiger partial charge < -0.3 is 10.4 Å². The Bertz CT molecular complexity index is 601. The number of aromatic carboxylic acids is 1. The first-order valence-corrected chi connectivity index (χ1v) is 5.51. The number of carboxylic acid groups (broad SMARTS) is 1. The molecule has 2 rings (SSSR count). The fourth-order valence-corrected chi connectivity index (χ4v) is 1.74. The molecule has 2 aromatic rings. The summed E-state index contributed by atoms with van der Waals surface area (Å²) in [5, 5.41) is 12.2. The van der Waals surface area contributed by atoms with Crippen molar-refractivity contribution in [2.45, 2.75) is 0 Å². The molecule has 2 aromatic carbocycles. The fraction of sp³-hybridized carbons (Fsp3) is 0. The monoisotopic (exact) mass is 265 g/mol. The zero-order valence-electron chi connectivity index (χ0n) is 9.15. The standard InChI is InChI=1S/C13H9ClFNO2/c14-8-4-1-2-6-10(8)16-11-7-3-5-9(15)12(11)13(17)18/h1-7,16H,(H,17,18). The number of rotatable bonds is 3. The Balaban J connectivity index is 2.44. The summed E-state index contributed by atoms with van der Waals surface area (Å²) in [4.78, 5) is 11.0. The first kappa shape index (κ1) is 12.4. The van der Waals surface area contributed by atoms with Crippen molar-refractivity contribution in [2.75, 3.05) is 5.32 Å². The Kier molecular flexibility index (Phi) is 3.48. The topological polar surface area (TPSA) is 49.3 Å². The van der Waals surface area contributed by atoms with E-state index in [0.717, 1.165) is 6.07 Å². The van der Waals surface area contributed by atoms with Gasteiger partial charge in [-0.2, -0.15) is 0 Å². The molecule has 0 fully saturated rings. The number of para-hydroxylation sites is 1. The lowest BCUT2D eigenvalue weighted by molar-refractivity contribution is 0.0693. The van der Waals surface area contributed by atoms with Gasteiger partial charge in [0.15, 0.2) is 0 Å². The molecule has 5 heteroatoms. The van der Waals surface area contributed by atoms with Crippen LogP contribution < -0.4 is 5.32 Å². The minimum atomic E-state index is -1.33. The third-order valence-electron chi connectivity index (χ3n) is 2.37. The van der Waals surface area contributed by atoms with Gasteiger partial charge in [0, 0.05) is 0 Å². The van der Waals surface area contributed by atoms with Crippen LogP contribution in [0, 0.1) is 5.82 Å². The van der Waals surface area contributed by atoms with Crippen molar-refractivity contribution >= 4 is 28.9 Å². The van der Waals surface area contributed by atoms with Crippen LogP contribution in [-0.2, 0) is 0 Å². The summed E-state index contributed by atoms with van der Waals surface area (Å²) in [6.07, 6.45) is 0. The number of hydrogen-bond donors (Lipinski definition) is 2. The highest BCUT2D eigenvalue weighted by atomic mass is 35.5. The molecule has 0 saturated carbocycles. The highest BCUT2D eigenvalue weighted by Crippen LogP contribution is 2.27. The Morgan fingerprint density at radius 3 is 2.44 bits per heavy atom. The normalized spacial score (nSPS) is 10.1. The maximum Gasteiger partial charge on any atom is 0.340 e. The largest absolute Gasteiger partial charge is 0.478 e. The van der Waals surface area contributed by atoms with Gasteiger partial charge in [-0.3, -0.25) is 0 Å². The third kappa shape index (κ3) is 2.43. The number of halogens is 2. The van der Waals surface area contributed by atoms with Crippen LogP contribution in [0.25, 0.3) is 0 Å². The lowest BCUT2D eigenvalue weighted by atomic mass is 10.1. The Labute approximate surface area is 108 Å². The fourth-order valence-electron chi connectivity index (χ4n) is 1.55. The molecular weight excluding hydrogens is 257 g/mol. The van der Waals surface area contributed by atoms with Gasteiger partial charge in [0.05, 0.1) is 16.4 Å². The number of anilines is 2. The molecule has 0 radical (unpaired) electrons. The number of benzene rings is 2. The molecule has 0 aliphatic rings. The van der Waals surface area contributed by atoms with Gasteiger partial charge in [0.1, 0.15) is 11.4 Å². The molecule has 0 amide bonds. The lowest BCUT2D eigenvalue weighted by Crippen LogP contribution is -2.05. The summed E-state index contributed by atoms with van der Waals surface area (Å²) < 4.78 is 13.5.